The van der Waals surface area contributed by atoms with Crippen LogP contribution in [0.4, 0.5) is 0 Å². The van der Waals surface area contributed by atoms with Crippen LogP contribution in [0.25, 0.3) is 22.2 Å². The lowest BCUT2D eigenvalue weighted by molar-refractivity contribution is 0.0478. The number of ether oxygens (including phenoxy) is 1. The third kappa shape index (κ3) is 2.98. The summed E-state index contributed by atoms with van der Waals surface area (Å²) in [4.78, 5) is 26.2. The molecule has 0 bridgehead atoms. The van der Waals surface area contributed by atoms with Gasteiger partial charge < -0.3 is 9.30 Å². The predicted molar refractivity (Wildman–Crippen MR) is 122 cm³/mol. The van der Waals surface area contributed by atoms with Crippen LogP contribution in [-0.2, 0) is 25.4 Å². The Morgan fingerprint density at radius 1 is 1.03 bits per heavy atom. The molecule has 7 heteroatoms. The van der Waals surface area contributed by atoms with Crippen molar-refractivity contribution in [2.75, 3.05) is 6.61 Å². The first kappa shape index (κ1) is 19.8. The molecule has 4 aromatic rings. The van der Waals surface area contributed by atoms with E-state index < -0.39 is 6.10 Å². The Morgan fingerprint density at radius 3 is 2.48 bits per heavy atom. The smallest absolute Gasteiger partial charge is 0.331 e. The lowest BCUT2D eigenvalue weighted by Crippen LogP contribution is -2.37. The Hall–Kier alpha value is -3.09. The number of aryl methyl sites for hydroxylation is 2. The van der Waals surface area contributed by atoms with Crippen LogP contribution in [0.3, 0.4) is 0 Å². The first-order valence-corrected chi connectivity index (χ1v) is 10.5. The number of benzene rings is 2. The van der Waals surface area contributed by atoms with E-state index in [2.05, 4.69) is 10.6 Å². The molecule has 158 valence electrons. The van der Waals surface area contributed by atoms with Crippen molar-refractivity contribution in [3.05, 3.63) is 91.2 Å². The Labute approximate surface area is 183 Å². The van der Waals surface area contributed by atoms with Crippen LogP contribution < -0.4 is 11.2 Å². The van der Waals surface area contributed by atoms with E-state index in [0.29, 0.717) is 29.1 Å². The predicted octanol–water partition coefficient (Wildman–Crippen LogP) is 3.79. The van der Waals surface area contributed by atoms with Crippen molar-refractivity contribution in [2.24, 2.45) is 14.1 Å². The normalized spacial score (nSPS) is 15.9. The maximum absolute atomic E-state index is 13.4. The zero-order valence-corrected chi connectivity index (χ0v) is 18.3. The molecule has 0 saturated heterocycles. The van der Waals surface area contributed by atoms with Crippen LogP contribution in [0.2, 0.25) is 5.02 Å². The molecule has 0 radical (unpaired) electrons. The Bertz CT molecular complexity index is 1440. The summed E-state index contributed by atoms with van der Waals surface area (Å²) in [6.07, 6.45) is -0.412. The molecular formula is C24H22ClN3O3. The molecule has 5 rings (SSSR count). The van der Waals surface area contributed by atoms with Gasteiger partial charge in [0.25, 0.3) is 5.56 Å². The molecule has 0 spiro atoms. The van der Waals surface area contributed by atoms with Gasteiger partial charge in [0.2, 0.25) is 0 Å². The number of rotatable bonds is 2. The zero-order valence-electron chi connectivity index (χ0n) is 17.6. The fourth-order valence-corrected chi connectivity index (χ4v) is 4.69. The molecule has 0 unspecified atom stereocenters. The second-order valence-corrected chi connectivity index (χ2v) is 8.42. The van der Waals surface area contributed by atoms with Gasteiger partial charge in [0.05, 0.1) is 28.9 Å². The maximum Gasteiger partial charge on any atom is 0.331 e. The second kappa shape index (κ2) is 7.25. The fraction of sp³-hybridized carbons (Fsp3) is 0.250. The molecule has 0 fully saturated rings. The number of aromatic nitrogens is 3. The fourth-order valence-electron chi connectivity index (χ4n) is 4.56. The molecule has 1 aliphatic rings. The highest BCUT2D eigenvalue weighted by molar-refractivity contribution is 6.30. The van der Waals surface area contributed by atoms with Crippen molar-refractivity contribution in [3.8, 4) is 11.3 Å². The third-order valence-electron chi connectivity index (χ3n) is 6.02. The van der Waals surface area contributed by atoms with Gasteiger partial charge in [0, 0.05) is 25.7 Å². The number of hydrogen-bond acceptors (Lipinski definition) is 3. The molecule has 1 atom stereocenters. The Kier molecular flexibility index (Phi) is 4.64. The van der Waals surface area contributed by atoms with Gasteiger partial charge >= 0.3 is 5.69 Å². The molecule has 0 amide bonds. The Morgan fingerprint density at radius 2 is 1.77 bits per heavy atom. The molecule has 6 nitrogen and oxygen atoms in total. The Balaban J connectivity index is 1.94. The van der Waals surface area contributed by atoms with Crippen LogP contribution in [0.15, 0.2) is 58.1 Å². The number of hydrogen-bond donors (Lipinski definition) is 0. The summed E-state index contributed by atoms with van der Waals surface area (Å²) >= 11 is 6.09. The summed E-state index contributed by atoms with van der Waals surface area (Å²) in [6, 6.07) is 15.6. The van der Waals surface area contributed by atoms with Gasteiger partial charge in [-0.05, 0) is 36.2 Å². The third-order valence-corrected chi connectivity index (χ3v) is 6.27. The molecule has 0 N–H and O–H groups in total. The molecule has 2 aromatic heterocycles. The SMILES string of the molecule is Cc1cccc(-c2c3c(=O)n(C)c(=O)n(C)c3c3n2CCO[C@H]3c2ccc(Cl)cc2)c1. The van der Waals surface area contributed by atoms with E-state index in [0.717, 1.165) is 28.1 Å². The van der Waals surface area contributed by atoms with E-state index >= 15 is 0 Å². The van der Waals surface area contributed by atoms with Crippen molar-refractivity contribution < 1.29 is 4.74 Å². The molecule has 31 heavy (non-hydrogen) atoms. The molecule has 0 aliphatic carbocycles. The van der Waals surface area contributed by atoms with Gasteiger partial charge in [0.1, 0.15) is 6.10 Å². The molecule has 0 saturated carbocycles. The quantitative estimate of drug-likeness (QED) is 0.481. The van der Waals surface area contributed by atoms with Crippen molar-refractivity contribution >= 4 is 22.5 Å². The summed E-state index contributed by atoms with van der Waals surface area (Å²) in [6.45, 7) is 3.11. The van der Waals surface area contributed by atoms with Crippen LogP contribution in [0, 0.1) is 6.92 Å². The highest BCUT2D eigenvalue weighted by Gasteiger charge is 2.33. The monoisotopic (exact) mass is 435 g/mol. The number of halogens is 1. The maximum atomic E-state index is 13.4. The summed E-state index contributed by atoms with van der Waals surface area (Å²) in [7, 11) is 3.23. The number of nitrogens with zero attached hydrogens (tertiary/aromatic N) is 3. The van der Waals surface area contributed by atoms with E-state index in [1.54, 1.807) is 11.6 Å². The average Bonchev–Trinajstić information content (AvgIpc) is 3.12. The topological polar surface area (TPSA) is 58.2 Å². The summed E-state index contributed by atoms with van der Waals surface area (Å²) in [5.41, 5.74) is 4.57. The molecule has 3 heterocycles. The first-order chi connectivity index (χ1) is 14.9. The standard InChI is InChI=1S/C24H22ClN3O3/c1-14-5-4-6-16(13-14)19-18-20(26(2)24(30)27(3)23(18)29)21-22(31-12-11-28(19)21)15-7-9-17(25)10-8-15/h4-10,13,22H,11-12H2,1-3H3/t22-/m0/s1. The van der Waals surface area contributed by atoms with Crippen molar-refractivity contribution in [3.63, 3.8) is 0 Å². The molecule has 1 aliphatic heterocycles. The van der Waals surface area contributed by atoms with Gasteiger partial charge in [-0.1, -0.05) is 47.5 Å². The minimum absolute atomic E-state index is 0.300. The van der Waals surface area contributed by atoms with E-state index in [9.17, 15) is 9.59 Å². The van der Waals surface area contributed by atoms with Gasteiger partial charge in [-0.2, -0.15) is 0 Å². The van der Waals surface area contributed by atoms with E-state index in [1.807, 2.05) is 49.4 Å². The lowest BCUT2D eigenvalue weighted by atomic mass is 10.0. The van der Waals surface area contributed by atoms with Gasteiger partial charge in [0.15, 0.2) is 0 Å². The van der Waals surface area contributed by atoms with Crippen molar-refractivity contribution in [1.82, 2.24) is 13.7 Å². The van der Waals surface area contributed by atoms with Crippen LogP contribution in [-0.4, -0.2) is 20.3 Å². The summed E-state index contributed by atoms with van der Waals surface area (Å²) < 4.78 is 11.1. The minimum Gasteiger partial charge on any atom is -0.365 e. The van der Waals surface area contributed by atoms with Gasteiger partial charge in [-0.25, -0.2) is 4.79 Å². The molecular weight excluding hydrogens is 414 g/mol. The van der Waals surface area contributed by atoms with Crippen LogP contribution >= 0.6 is 11.6 Å². The summed E-state index contributed by atoms with van der Waals surface area (Å²) in [5.74, 6) is 0. The zero-order chi connectivity index (χ0) is 21.9. The van der Waals surface area contributed by atoms with E-state index in [-0.39, 0.29) is 11.2 Å². The summed E-state index contributed by atoms with van der Waals surface area (Å²) in [5, 5.41) is 1.18. The number of fused-ring (bicyclic) bond motifs is 3. The lowest BCUT2D eigenvalue weighted by Gasteiger charge is -2.27. The van der Waals surface area contributed by atoms with Gasteiger partial charge in [-0.3, -0.25) is 13.9 Å². The van der Waals surface area contributed by atoms with Crippen LogP contribution in [0.1, 0.15) is 22.9 Å². The average molecular weight is 436 g/mol. The highest BCUT2D eigenvalue weighted by atomic mass is 35.5. The van der Waals surface area contributed by atoms with Crippen LogP contribution in [0.5, 0.6) is 0 Å². The minimum atomic E-state index is -0.412. The van der Waals surface area contributed by atoms with Crippen molar-refractivity contribution in [1.29, 1.82) is 0 Å². The van der Waals surface area contributed by atoms with E-state index in [4.69, 9.17) is 16.3 Å². The van der Waals surface area contributed by atoms with E-state index in [1.165, 1.54) is 11.6 Å². The largest absolute Gasteiger partial charge is 0.365 e. The molecule has 2 aromatic carbocycles. The first-order valence-electron chi connectivity index (χ1n) is 10.1. The van der Waals surface area contributed by atoms with Crippen molar-refractivity contribution in [2.45, 2.75) is 19.6 Å². The second-order valence-electron chi connectivity index (χ2n) is 7.99. The van der Waals surface area contributed by atoms with Gasteiger partial charge in [-0.15, -0.1) is 0 Å². The highest BCUT2D eigenvalue weighted by Crippen LogP contribution is 2.40.